The minimum absolute atomic E-state index is 0.365. The molecule has 3 aromatic rings. The number of halogens is 1. The average Bonchev–Trinajstić information content (AvgIpc) is 2.49. The highest BCUT2D eigenvalue weighted by atomic mass is 35.5. The van der Waals surface area contributed by atoms with Crippen LogP contribution in [0.1, 0.15) is 16.7 Å². The summed E-state index contributed by atoms with van der Waals surface area (Å²) in [5.74, 6) is 0.733. The van der Waals surface area contributed by atoms with Gasteiger partial charge in [-0.15, -0.1) is 0 Å². The monoisotopic (exact) mass is 331 g/mol. The van der Waals surface area contributed by atoms with E-state index in [1.54, 1.807) is 12.1 Å². The molecule has 6 heteroatoms. The maximum Gasteiger partial charge on any atom is 0.355 e. The first-order valence-corrected chi connectivity index (χ1v) is 8.14. The lowest BCUT2D eigenvalue weighted by atomic mass is 10.1. The van der Waals surface area contributed by atoms with Gasteiger partial charge in [-0.2, -0.15) is 4.98 Å². The van der Waals surface area contributed by atoms with E-state index in [2.05, 4.69) is 42.0 Å². The van der Waals surface area contributed by atoms with Crippen LogP contribution in [-0.2, 0) is 5.75 Å². The summed E-state index contributed by atoms with van der Waals surface area (Å²) in [6, 6.07) is 9.77. The summed E-state index contributed by atoms with van der Waals surface area (Å²) in [6.07, 6.45) is 1.53. The Morgan fingerprint density at radius 1 is 1.18 bits per heavy atom. The molecule has 0 bridgehead atoms. The van der Waals surface area contributed by atoms with Gasteiger partial charge in [-0.3, -0.25) is 0 Å². The van der Waals surface area contributed by atoms with Gasteiger partial charge in [0, 0.05) is 11.9 Å². The quantitative estimate of drug-likeness (QED) is 0.687. The van der Waals surface area contributed by atoms with Crippen molar-refractivity contribution in [2.24, 2.45) is 0 Å². The summed E-state index contributed by atoms with van der Waals surface area (Å²) < 4.78 is 1.35. The number of thioether (sulfide) groups is 1. The predicted molar refractivity (Wildman–Crippen MR) is 89.7 cm³/mol. The molecule has 4 nitrogen and oxygen atoms in total. The molecule has 2 heterocycles. The largest absolute Gasteiger partial charge is 0.355 e. The van der Waals surface area contributed by atoms with Crippen LogP contribution in [0.5, 0.6) is 0 Å². The highest BCUT2D eigenvalue weighted by Gasteiger charge is 2.07. The second-order valence-electron chi connectivity index (χ2n) is 5.08. The number of pyridine rings is 1. The SMILES string of the molecule is Cc1ccc(C)c(CSc2nc(=O)n3cc(Cl)ccc3n2)c1. The van der Waals surface area contributed by atoms with E-state index in [-0.39, 0.29) is 5.69 Å². The third-order valence-electron chi connectivity index (χ3n) is 3.36. The van der Waals surface area contributed by atoms with Crippen LogP contribution in [0.2, 0.25) is 5.02 Å². The molecule has 0 aliphatic heterocycles. The van der Waals surface area contributed by atoms with Crippen molar-refractivity contribution in [3.63, 3.8) is 0 Å². The van der Waals surface area contributed by atoms with E-state index in [1.807, 2.05) is 0 Å². The van der Waals surface area contributed by atoms with Gasteiger partial charge in [0.25, 0.3) is 0 Å². The van der Waals surface area contributed by atoms with Crippen LogP contribution in [-0.4, -0.2) is 14.4 Å². The van der Waals surface area contributed by atoms with Gasteiger partial charge in [0.1, 0.15) is 5.65 Å². The Labute approximate surface area is 137 Å². The normalized spacial score (nSPS) is 11.0. The molecule has 0 spiro atoms. The van der Waals surface area contributed by atoms with Crippen LogP contribution in [0.25, 0.3) is 5.65 Å². The topological polar surface area (TPSA) is 47.3 Å². The van der Waals surface area contributed by atoms with Crippen LogP contribution < -0.4 is 5.69 Å². The van der Waals surface area contributed by atoms with Crippen molar-refractivity contribution in [3.8, 4) is 0 Å². The van der Waals surface area contributed by atoms with Crippen LogP contribution in [0, 0.1) is 13.8 Å². The van der Waals surface area contributed by atoms with Gasteiger partial charge in [-0.25, -0.2) is 14.2 Å². The molecule has 112 valence electrons. The molecule has 0 amide bonds. The number of benzene rings is 1. The summed E-state index contributed by atoms with van der Waals surface area (Å²) in [5.41, 5.74) is 3.85. The number of nitrogens with zero attached hydrogens (tertiary/aromatic N) is 3. The zero-order valence-electron chi connectivity index (χ0n) is 12.2. The standard InChI is InChI=1S/C16H14ClN3OS/c1-10-3-4-11(2)12(7-10)9-22-15-18-14-6-5-13(17)8-20(14)16(21)19-15/h3-8H,9H2,1-2H3. The number of fused-ring (bicyclic) bond motifs is 1. The van der Waals surface area contributed by atoms with E-state index in [4.69, 9.17) is 11.6 Å². The number of aromatic nitrogens is 3. The molecule has 0 aliphatic rings. The fourth-order valence-corrected chi connectivity index (χ4v) is 3.19. The summed E-state index contributed by atoms with van der Waals surface area (Å²) in [7, 11) is 0. The number of hydrogen-bond acceptors (Lipinski definition) is 4. The number of hydrogen-bond donors (Lipinski definition) is 0. The molecule has 2 aromatic heterocycles. The van der Waals surface area contributed by atoms with E-state index in [1.165, 1.54) is 39.0 Å². The Morgan fingerprint density at radius 2 is 2.00 bits per heavy atom. The molecule has 1 aromatic carbocycles. The molecule has 0 atom stereocenters. The fraction of sp³-hybridized carbons (Fsp3) is 0.188. The number of aryl methyl sites for hydroxylation is 2. The van der Waals surface area contributed by atoms with Crippen molar-refractivity contribution in [2.75, 3.05) is 0 Å². The van der Waals surface area contributed by atoms with E-state index >= 15 is 0 Å². The summed E-state index contributed by atoms with van der Waals surface area (Å²) >= 11 is 7.34. The molecule has 0 saturated heterocycles. The van der Waals surface area contributed by atoms with Crippen molar-refractivity contribution in [3.05, 3.63) is 68.7 Å². The van der Waals surface area contributed by atoms with E-state index < -0.39 is 0 Å². The van der Waals surface area contributed by atoms with Gasteiger partial charge >= 0.3 is 5.69 Å². The molecule has 0 fully saturated rings. The highest BCUT2D eigenvalue weighted by Crippen LogP contribution is 2.22. The molecule has 3 rings (SSSR count). The third kappa shape index (κ3) is 3.15. The van der Waals surface area contributed by atoms with E-state index in [9.17, 15) is 4.79 Å². The average molecular weight is 332 g/mol. The van der Waals surface area contributed by atoms with E-state index in [0.717, 1.165) is 5.75 Å². The fourth-order valence-electron chi connectivity index (χ4n) is 2.13. The summed E-state index contributed by atoms with van der Waals surface area (Å²) in [6.45, 7) is 4.14. The maximum absolute atomic E-state index is 12.0. The van der Waals surface area contributed by atoms with E-state index in [0.29, 0.717) is 15.8 Å². The first kappa shape index (κ1) is 15.1. The predicted octanol–water partition coefficient (Wildman–Crippen LogP) is 3.65. The van der Waals surface area contributed by atoms with Gasteiger partial charge in [0.15, 0.2) is 5.16 Å². The van der Waals surface area contributed by atoms with Gasteiger partial charge < -0.3 is 0 Å². The van der Waals surface area contributed by atoms with Gasteiger partial charge in [-0.1, -0.05) is 47.1 Å². The third-order valence-corrected chi connectivity index (χ3v) is 4.48. The highest BCUT2D eigenvalue weighted by molar-refractivity contribution is 7.98. The summed E-state index contributed by atoms with van der Waals surface area (Å²) in [5, 5.41) is 0.960. The van der Waals surface area contributed by atoms with Crippen LogP contribution in [0.4, 0.5) is 0 Å². The molecule has 0 N–H and O–H groups in total. The van der Waals surface area contributed by atoms with Gasteiger partial charge in [0.2, 0.25) is 0 Å². The van der Waals surface area contributed by atoms with Gasteiger partial charge in [0.05, 0.1) is 5.02 Å². The maximum atomic E-state index is 12.0. The Bertz CT molecular complexity index is 908. The molecule has 0 unspecified atom stereocenters. The van der Waals surface area contributed by atoms with Crippen molar-refractivity contribution in [1.29, 1.82) is 0 Å². The van der Waals surface area contributed by atoms with Crippen molar-refractivity contribution in [1.82, 2.24) is 14.4 Å². The lowest BCUT2D eigenvalue weighted by Crippen LogP contribution is -2.18. The molecular formula is C16H14ClN3OS. The zero-order chi connectivity index (χ0) is 15.7. The van der Waals surface area contributed by atoms with Crippen molar-refractivity contribution < 1.29 is 0 Å². The van der Waals surface area contributed by atoms with Crippen molar-refractivity contribution >= 4 is 29.0 Å². The van der Waals surface area contributed by atoms with Crippen LogP contribution in [0.3, 0.4) is 0 Å². The smallest absolute Gasteiger partial charge is 0.250 e. The lowest BCUT2D eigenvalue weighted by Gasteiger charge is -2.07. The van der Waals surface area contributed by atoms with Crippen LogP contribution in [0.15, 0.2) is 46.5 Å². The summed E-state index contributed by atoms with van der Waals surface area (Å²) in [4.78, 5) is 20.4. The first-order chi connectivity index (χ1) is 10.5. The zero-order valence-corrected chi connectivity index (χ0v) is 13.8. The lowest BCUT2D eigenvalue weighted by molar-refractivity contribution is 0.846. The first-order valence-electron chi connectivity index (χ1n) is 6.78. The Kier molecular flexibility index (Phi) is 4.18. The van der Waals surface area contributed by atoms with Crippen LogP contribution >= 0.6 is 23.4 Å². The second-order valence-corrected chi connectivity index (χ2v) is 6.46. The molecule has 22 heavy (non-hydrogen) atoms. The molecule has 0 saturated carbocycles. The van der Waals surface area contributed by atoms with Gasteiger partial charge in [-0.05, 0) is 37.1 Å². The molecule has 0 aliphatic carbocycles. The van der Waals surface area contributed by atoms with Crippen molar-refractivity contribution in [2.45, 2.75) is 24.8 Å². The minimum Gasteiger partial charge on any atom is -0.250 e. The Balaban J connectivity index is 1.90. The number of rotatable bonds is 3. The second kappa shape index (κ2) is 6.10. The molecule has 0 radical (unpaired) electrons. The molecular weight excluding hydrogens is 318 g/mol. The Morgan fingerprint density at radius 3 is 2.82 bits per heavy atom. The minimum atomic E-state index is -0.365. The Hall–Kier alpha value is -1.85.